The lowest BCUT2D eigenvalue weighted by atomic mass is 10.0. The van der Waals surface area contributed by atoms with E-state index in [1.807, 2.05) is 39.4 Å². The predicted octanol–water partition coefficient (Wildman–Crippen LogP) is 21.1. The zero-order chi connectivity index (χ0) is 59.3. The number of amides is 1. The third kappa shape index (κ3) is 61.3. The number of esters is 1. The van der Waals surface area contributed by atoms with Crippen molar-refractivity contribution in [2.75, 3.05) is 40.9 Å². The minimum Gasteiger partial charge on any atom is -0.456 e. The van der Waals surface area contributed by atoms with Crippen molar-refractivity contribution in [2.24, 2.45) is 0 Å². The van der Waals surface area contributed by atoms with Crippen LogP contribution in [0, 0.1) is 0 Å². The molecule has 0 saturated heterocycles. The number of allylic oxidation sites excluding steroid dienone is 15. The van der Waals surface area contributed by atoms with Crippen LogP contribution in [0.1, 0.15) is 290 Å². The van der Waals surface area contributed by atoms with Gasteiger partial charge in [0.1, 0.15) is 19.3 Å². The Morgan fingerprint density at radius 1 is 0.444 bits per heavy atom. The molecule has 1 amide bonds. The van der Waals surface area contributed by atoms with Gasteiger partial charge in [-0.3, -0.25) is 18.6 Å². The van der Waals surface area contributed by atoms with Crippen LogP contribution >= 0.6 is 7.82 Å². The Kier molecular flexibility index (Phi) is 57.8. The Labute approximate surface area is 500 Å². The normalized spacial score (nSPS) is 14.2. The van der Waals surface area contributed by atoms with Crippen molar-refractivity contribution in [1.29, 1.82) is 0 Å². The second kappa shape index (κ2) is 60.1. The summed E-state index contributed by atoms with van der Waals surface area (Å²) in [5.41, 5.74) is 0. The van der Waals surface area contributed by atoms with Gasteiger partial charge in [0.2, 0.25) is 5.91 Å². The van der Waals surface area contributed by atoms with Crippen molar-refractivity contribution in [1.82, 2.24) is 5.32 Å². The summed E-state index contributed by atoms with van der Waals surface area (Å²) in [5, 5.41) is 3.01. The van der Waals surface area contributed by atoms with E-state index in [0.29, 0.717) is 17.4 Å². The van der Waals surface area contributed by atoms with E-state index in [2.05, 4.69) is 105 Å². The highest BCUT2D eigenvalue weighted by Gasteiger charge is 2.30. The highest BCUT2D eigenvalue weighted by atomic mass is 31.2. The molecule has 3 unspecified atom stereocenters. The summed E-state index contributed by atoms with van der Waals surface area (Å²) < 4.78 is 30.7. The van der Waals surface area contributed by atoms with Gasteiger partial charge in [-0.2, -0.15) is 0 Å². The van der Waals surface area contributed by atoms with E-state index < -0.39 is 20.0 Å². The number of unbranched alkanes of at least 4 members (excludes halogenated alkanes) is 30. The molecule has 0 aromatic heterocycles. The van der Waals surface area contributed by atoms with Gasteiger partial charge in [-0.25, -0.2) is 4.57 Å². The fourth-order valence-corrected chi connectivity index (χ4v) is 10.1. The van der Waals surface area contributed by atoms with Gasteiger partial charge in [0.25, 0.3) is 0 Å². The van der Waals surface area contributed by atoms with Crippen molar-refractivity contribution < 1.29 is 37.3 Å². The number of hydrogen-bond acceptors (Lipinski definition) is 6. The number of carbonyl (C=O) groups excluding carboxylic acids is 2. The van der Waals surface area contributed by atoms with Crippen LogP contribution in [0.15, 0.2) is 97.2 Å². The number of likely N-dealkylation sites (N-methyl/N-ethyl adjacent to an activating group) is 1. The second-order valence-electron chi connectivity index (χ2n) is 23.6. The number of phosphoric acid groups is 1. The predicted molar refractivity (Wildman–Crippen MR) is 350 cm³/mol. The molecule has 0 radical (unpaired) electrons. The summed E-state index contributed by atoms with van der Waals surface area (Å²) >= 11 is 0. The molecule has 3 atom stereocenters. The maximum absolute atomic E-state index is 13.5. The van der Waals surface area contributed by atoms with E-state index in [-0.39, 0.29) is 37.9 Å². The minimum atomic E-state index is -4.47. The van der Waals surface area contributed by atoms with Gasteiger partial charge in [-0.15, -0.1) is 0 Å². The van der Waals surface area contributed by atoms with Gasteiger partial charge in [0, 0.05) is 12.8 Å². The topological polar surface area (TPSA) is 111 Å². The number of ether oxygens (including phenoxy) is 1. The van der Waals surface area contributed by atoms with Crippen LogP contribution in [0.3, 0.4) is 0 Å². The van der Waals surface area contributed by atoms with Crippen molar-refractivity contribution in [3.05, 3.63) is 97.2 Å². The first-order chi connectivity index (χ1) is 39.4. The molecule has 10 heteroatoms. The van der Waals surface area contributed by atoms with E-state index in [1.54, 1.807) is 0 Å². The van der Waals surface area contributed by atoms with Crippen LogP contribution in [0.2, 0.25) is 0 Å². The lowest BCUT2D eigenvalue weighted by molar-refractivity contribution is -0.870. The van der Waals surface area contributed by atoms with Crippen LogP contribution in [0.4, 0.5) is 0 Å². The van der Waals surface area contributed by atoms with Crippen LogP contribution in [0.5, 0.6) is 0 Å². The van der Waals surface area contributed by atoms with E-state index in [0.717, 1.165) is 77.0 Å². The molecule has 2 N–H and O–H groups in total. The third-order valence-corrected chi connectivity index (χ3v) is 15.5. The standard InChI is InChI=1S/C71H127N2O7P/c1-7-10-13-16-19-22-25-27-29-31-33-34-35-36-37-38-40-42-44-46-49-52-55-58-61-64-71(75)80-69(62-59-56-53-50-47-24-21-18-15-12-9-3)68(67-79-81(76,77)78-66-65-73(4,5)6)72-70(74)63-60-57-54-51-48-45-43-41-39-32-30-28-26-23-20-17-14-11-8-2/h11,14,20,23,27-30,39,41,45,48,54,57,59,62,68-69H,7-10,12-13,15-19,21-22,24-26,31-38,40,42-44,46-47,49-53,55-56,58,60-61,63-67H2,1-6H3,(H-,72,74,76,77)/p+1/b14-11-,23-20-,29-27+,30-28-,41-39-,48-45-,57-54-,62-59-. The van der Waals surface area contributed by atoms with Crippen LogP contribution < -0.4 is 5.32 Å². The fraction of sp³-hybridized carbons (Fsp3) is 0.746. The average molecular weight is 1150 g/mol. The van der Waals surface area contributed by atoms with E-state index in [9.17, 15) is 19.0 Å². The van der Waals surface area contributed by atoms with Crippen LogP contribution in [0.25, 0.3) is 0 Å². The number of rotatable bonds is 60. The third-order valence-electron chi connectivity index (χ3n) is 14.5. The van der Waals surface area contributed by atoms with E-state index >= 15 is 0 Å². The molecule has 0 aromatic rings. The molecule has 0 aliphatic heterocycles. The van der Waals surface area contributed by atoms with Gasteiger partial charge >= 0.3 is 13.8 Å². The fourth-order valence-electron chi connectivity index (χ4n) is 9.37. The molecule has 0 aliphatic carbocycles. The highest BCUT2D eigenvalue weighted by Crippen LogP contribution is 2.43. The largest absolute Gasteiger partial charge is 0.472 e. The number of phosphoric ester groups is 1. The Hall–Kier alpha value is -3.07. The smallest absolute Gasteiger partial charge is 0.456 e. The van der Waals surface area contributed by atoms with Gasteiger partial charge < -0.3 is 19.4 Å². The van der Waals surface area contributed by atoms with Gasteiger partial charge in [-0.05, 0) is 96.0 Å². The van der Waals surface area contributed by atoms with E-state index in [1.165, 1.54) is 173 Å². The maximum atomic E-state index is 13.5. The number of nitrogens with one attached hydrogen (secondary N) is 1. The molecule has 0 aliphatic rings. The lowest BCUT2D eigenvalue weighted by Crippen LogP contribution is -2.47. The molecular weight excluding hydrogens is 1020 g/mol. The Bertz CT molecular complexity index is 1710. The summed E-state index contributed by atoms with van der Waals surface area (Å²) in [5.74, 6) is -0.601. The molecule has 0 rings (SSSR count). The Morgan fingerprint density at radius 2 is 0.802 bits per heavy atom. The van der Waals surface area contributed by atoms with Gasteiger partial charge in [0.05, 0.1) is 33.8 Å². The molecule has 0 fully saturated rings. The summed E-state index contributed by atoms with van der Waals surface area (Å²) in [6.07, 6.45) is 81.6. The zero-order valence-corrected chi connectivity index (χ0v) is 54.4. The number of hydrogen-bond donors (Lipinski definition) is 2. The quantitative estimate of drug-likeness (QED) is 0.0205. The lowest BCUT2D eigenvalue weighted by Gasteiger charge is -2.27. The minimum absolute atomic E-state index is 0.0234. The van der Waals surface area contributed by atoms with E-state index in [4.69, 9.17) is 13.8 Å². The summed E-state index contributed by atoms with van der Waals surface area (Å²) in [6, 6.07) is -0.893. The van der Waals surface area contributed by atoms with Gasteiger partial charge in [0.15, 0.2) is 0 Å². The molecule has 468 valence electrons. The van der Waals surface area contributed by atoms with Crippen LogP contribution in [-0.2, 0) is 27.9 Å². The first-order valence-corrected chi connectivity index (χ1v) is 35.1. The molecule has 0 bridgehead atoms. The monoisotopic (exact) mass is 1150 g/mol. The first kappa shape index (κ1) is 77.9. The SMILES string of the molecule is CC/C=C\C/C=C\C/C=C\C/C=C\C/C=C\C/C=C\CCC(=O)NC(COP(=O)(O)OCC[N+](C)(C)C)C(/C=C\CCCCCCCCCCC)OC(=O)CCCCCCCCCCCCCCCCC/C=C/CCCCCCCC. The average Bonchev–Trinajstić information content (AvgIpc) is 3.43. The summed E-state index contributed by atoms with van der Waals surface area (Å²) in [4.78, 5) is 37.7. The molecule has 0 heterocycles. The molecule has 0 aromatic carbocycles. The molecular formula is C71H128N2O7P+. The van der Waals surface area contributed by atoms with Crippen molar-refractivity contribution in [3.63, 3.8) is 0 Å². The Balaban J connectivity index is 5.15. The van der Waals surface area contributed by atoms with Gasteiger partial charge in [-0.1, -0.05) is 279 Å². The molecule has 0 saturated carbocycles. The first-order valence-electron chi connectivity index (χ1n) is 33.6. The zero-order valence-electron chi connectivity index (χ0n) is 53.5. The van der Waals surface area contributed by atoms with Crippen molar-refractivity contribution in [3.8, 4) is 0 Å². The van der Waals surface area contributed by atoms with Crippen LogP contribution in [-0.4, -0.2) is 74.3 Å². The maximum Gasteiger partial charge on any atom is 0.472 e. The Morgan fingerprint density at radius 3 is 1.21 bits per heavy atom. The second-order valence-corrected chi connectivity index (χ2v) is 25.1. The van der Waals surface area contributed by atoms with Crippen molar-refractivity contribution >= 4 is 19.7 Å². The number of nitrogens with zero attached hydrogens (tertiary/aromatic N) is 1. The number of quaternary nitrogens is 1. The number of carbonyl (C=O) groups is 2. The molecule has 0 spiro atoms. The highest BCUT2D eigenvalue weighted by molar-refractivity contribution is 7.47. The molecule has 81 heavy (non-hydrogen) atoms. The molecule has 9 nitrogen and oxygen atoms in total. The summed E-state index contributed by atoms with van der Waals surface area (Å²) in [6.45, 7) is 6.84. The summed E-state index contributed by atoms with van der Waals surface area (Å²) in [7, 11) is 1.45. The van der Waals surface area contributed by atoms with Crippen molar-refractivity contribution in [2.45, 2.75) is 303 Å².